The summed E-state index contributed by atoms with van der Waals surface area (Å²) in [4.78, 5) is 42.5. The molecule has 0 bridgehead atoms. The largest absolute Gasteiger partial charge is 0.354 e. The van der Waals surface area contributed by atoms with Gasteiger partial charge in [-0.3, -0.25) is 14.5 Å². The van der Waals surface area contributed by atoms with Crippen LogP contribution < -0.4 is 10.6 Å². The number of aromatic nitrogens is 2. The number of nitrogens with one attached hydrogen (secondary N) is 2. The monoisotopic (exact) mass is 419 g/mol. The second kappa shape index (κ2) is 9.42. The van der Waals surface area contributed by atoms with E-state index in [4.69, 9.17) is 0 Å². The molecule has 1 aliphatic rings. The third kappa shape index (κ3) is 4.91. The van der Waals surface area contributed by atoms with Crippen LogP contribution in [0.5, 0.6) is 0 Å². The van der Waals surface area contributed by atoms with Crippen molar-refractivity contribution in [2.24, 2.45) is 0 Å². The molecule has 3 aromatic rings. The number of fused-ring (bicyclic) bond motifs is 1. The zero-order chi connectivity index (χ0) is 21.6. The molecular weight excluding hydrogens is 394 g/mol. The molecule has 4 rings (SSSR count). The molecule has 160 valence electrons. The third-order valence-electron chi connectivity index (χ3n) is 5.44. The predicted octanol–water partition coefficient (Wildman–Crippen LogP) is 2.10. The molecule has 1 atom stereocenters. The van der Waals surface area contributed by atoms with Crippen molar-refractivity contribution in [3.8, 4) is 0 Å². The van der Waals surface area contributed by atoms with Gasteiger partial charge in [0.1, 0.15) is 6.04 Å². The molecule has 31 heavy (non-hydrogen) atoms. The number of urea groups is 1. The van der Waals surface area contributed by atoms with Crippen molar-refractivity contribution in [3.05, 3.63) is 66.5 Å². The Hall–Kier alpha value is -3.68. The molecule has 0 unspecified atom stereocenters. The summed E-state index contributed by atoms with van der Waals surface area (Å²) in [6, 6.07) is 16.5. The van der Waals surface area contributed by atoms with Crippen LogP contribution in [0.1, 0.15) is 18.4 Å². The van der Waals surface area contributed by atoms with Gasteiger partial charge in [-0.25, -0.2) is 9.78 Å². The van der Waals surface area contributed by atoms with E-state index in [1.807, 2.05) is 59.2 Å². The Balaban J connectivity index is 1.20. The highest BCUT2D eigenvalue weighted by Gasteiger charge is 2.37. The second-order valence-electron chi connectivity index (χ2n) is 7.54. The first kappa shape index (κ1) is 20.6. The van der Waals surface area contributed by atoms with Gasteiger partial charge in [0, 0.05) is 26.1 Å². The Morgan fingerprint density at radius 2 is 1.81 bits per heavy atom. The first-order valence-electron chi connectivity index (χ1n) is 10.4. The molecular formula is C23H25N5O3. The van der Waals surface area contributed by atoms with Crippen LogP contribution in [0.25, 0.3) is 11.0 Å². The van der Waals surface area contributed by atoms with E-state index in [9.17, 15) is 14.4 Å². The molecule has 1 fully saturated rings. The molecule has 0 spiro atoms. The number of hydrogen-bond acceptors (Lipinski definition) is 4. The maximum absolute atomic E-state index is 12.5. The SMILES string of the molecule is O=C(CC[C@H]1NC(=O)N(CCc2ccccc2)C1=O)NCCn1cnc2ccccc21. The molecule has 0 radical (unpaired) electrons. The quantitative estimate of drug-likeness (QED) is 0.519. The van der Waals surface area contributed by atoms with Crippen LogP contribution >= 0.6 is 0 Å². The Bertz CT molecular complexity index is 1080. The Morgan fingerprint density at radius 3 is 2.65 bits per heavy atom. The van der Waals surface area contributed by atoms with Gasteiger partial charge in [0.25, 0.3) is 5.91 Å². The lowest BCUT2D eigenvalue weighted by molar-refractivity contribution is -0.127. The summed E-state index contributed by atoms with van der Waals surface area (Å²) in [5, 5.41) is 5.56. The van der Waals surface area contributed by atoms with Crippen molar-refractivity contribution in [2.45, 2.75) is 31.8 Å². The number of carbonyl (C=O) groups is 3. The fourth-order valence-corrected chi connectivity index (χ4v) is 3.74. The van der Waals surface area contributed by atoms with Crippen LogP contribution in [0.3, 0.4) is 0 Å². The Labute approximate surface area is 180 Å². The van der Waals surface area contributed by atoms with E-state index in [-0.39, 0.29) is 24.7 Å². The molecule has 8 heteroatoms. The number of benzene rings is 2. The molecule has 1 saturated heterocycles. The molecule has 0 saturated carbocycles. The van der Waals surface area contributed by atoms with E-state index >= 15 is 0 Å². The molecule has 1 aliphatic heterocycles. The topological polar surface area (TPSA) is 96.3 Å². The summed E-state index contributed by atoms with van der Waals surface area (Å²) < 4.78 is 1.99. The highest BCUT2D eigenvalue weighted by Crippen LogP contribution is 2.13. The highest BCUT2D eigenvalue weighted by molar-refractivity contribution is 6.04. The van der Waals surface area contributed by atoms with E-state index in [1.54, 1.807) is 6.33 Å². The fraction of sp³-hybridized carbons (Fsp3) is 0.304. The third-order valence-corrected chi connectivity index (χ3v) is 5.44. The Morgan fingerprint density at radius 1 is 1.03 bits per heavy atom. The molecule has 1 aromatic heterocycles. The summed E-state index contributed by atoms with van der Waals surface area (Å²) in [7, 11) is 0. The number of nitrogens with zero attached hydrogens (tertiary/aromatic N) is 3. The standard InChI is InChI=1S/C23H25N5O3/c29-21(24-13-15-27-16-25-18-8-4-5-9-20(18)27)11-10-19-22(30)28(23(31)26-19)14-12-17-6-2-1-3-7-17/h1-9,16,19H,10-15H2,(H,24,29)(H,26,31)/t19-/m1/s1. The first-order valence-corrected chi connectivity index (χ1v) is 10.4. The van der Waals surface area contributed by atoms with Crippen molar-refractivity contribution >= 4 is 28.9 Å². The lowest BCUT2D eigenvalue weighted by atomic mass is 10.1. The van der Waals surface area contributed by atoms with Crippen molar-refractivity contribution in [3.63, 3.8) is 0 Å². The van der Waals surface area contributed by atoms with E-state index in [0.29, 0.717) is 26.1 Å². The molecule has 0 aliphatic carbocycles. The van der Waals surface area contributed by atoms with Crippen LogP contribution in [0.2, 0.25) is 0 Å². The van der Waals surface area contributed by atoms with Gasteiger partial charge < -0.3 is 15.2 Å². The fourth-order valence-electron chi connectivity index (χ4n) is 3.74. The van der Waals surface area contributed by atoms with Crippen molar-refractivity contribution < 1.29 is 14.4 Å². The Kier molecular flexibility index (Phi) is 6.26. The van der Waals surface area contributed by atoms with Gasteiger partial charge in [-0.05, 0) is 30.5 Å². The van der Waals surface area contributed by atoms with Crippen LogP contribution in [0.15, 0.2) is 60.9 Å². The minimum atomic E-state index is -0.647. The van der Waals surface area contributed by atoms with Gasteiger partial charge in [0.2, 0.25) is 5.91 Å². The summed E-state index contributed by atoms with van der Waals surface area (Å²) in [6.07, 6.45) is 2.82. The number of imide groups is 1. The van der Waals surface area contributed by atoms with E-state index in [1.165, 1.54) is 4.90 Å². The van der Waals surface area contributed by atoms with E-state index in [0.717, 1.165) is 16.6 Å². The summed E-state index contributed by atoms with van der Waals surface area (Å²) >= 11 is 0. The number of para-hydroxylation sites is 2. The zero-order valence-electron chi connectivity index (χ0n) is 17.2. The van der Waals surface area contributed by atoms with Crippen molar-refractivity contribution in [1.29, 1.82) is 0 Å². The number of hydrogen-bond donors (Lipinski definition) is 2. The van der Waals surface area contributed by atoms with Gasteiger partial charge in [-0.2, -0.15) is 0 Å². The number of imidazole rings is 1. The van der Waals surface area contributed by atoms with Gasteiger partial charge >= 0.3 is 6.03 Å². The normalized spacial score (nSPS) is 16.0. The average Bonchev–Trinajstić information content (AvgIpc) is 3.32. The lowest BCUT2D eigenvalue weighted by Gasteiger charge is -2.13. The van der Waals surface area contributed by atoms with Crippen molar-refractivity contribution in [1.82, 2.24) is 25.1 Å². The van der Waals surface area contributed by atoms with Crippen LogP contribution in [-0.2, 0) is 22.6 Å². The molecule has 8 nitrogen and oxygen atoms in total. The number of rotatable bonds is 9. The van der Waals surface area contributed by atoms with Crippen LogP contribution in [0.4, 0.5) is 4.79 Å². The minimum absolute atomic E-state index is 0.144. The first-order chi connectivity index (χ1) is 15.1. The number of carbonyl (C=O) groups excluding carboxylic acids is 3. The lowest BCUT2D eigenvalue weighted by Crippen LogP contribution is -2.34. The maximum Gasteiger partial charge on any atom is 0.324 e. The summed E-state index contributed by atoms with van der Waals surface area (Å²) in [5.41, 5.74) is 3.00. The van der Waals surface area contributed by atoms with E-state index in [2.05, 4.69) is 15.6 Å². The van der Waals surface area contributed by atoms with Gasteiger partial charge in [-0.15, -0.1) is 0 Å². The van der Waals surface area contributed by atoms with E-state index < -0.39 is 12.1 Å². The second-order valence-corrected chi connectivity index (χ2v) is 7.54. The van der Waals surface area contributed by atoms with Crippen LogP contribution in [0, 0.1) is 0 Å². The maximum atomic E-state index is 12.5. The zero-order valence-corrected chi connectivity index (χ0v) is 17.2. The average molecular weight is 419 g/mol. The van der Waals surface area contributed by atoms with Gasteiger partial charge in [-0.1, -0.05) is 42.5 Å². The minimum Gasteiger partial charge on any atom is -0.354 e. The number of amides is 4. The van der Waals surface area contributed by atoms with Gasteiger partial charge in [0.15, 0.2) is 0 Å². The van der Waals surface area contributed by atoms with Gasteiger partial charge in [0.05, 0.1) is 17.4 Å². The van der Waals surface area contributed by atoms with Crippen molar-refractivity contribution in [2.75, 3.05) is 13.1 Å². The molecule has 2 aromatic carbocycles. The summed E-state index contributed by atoms with van der Waals surface area (Å²) in [6.45, 7) is 1.40. The molecule has 4 amide bonds. The molecule has 2 N–H and O–H groups in total. The highest BCUT2D eigenvalue weighted by atomic mass is 16.2. The molecule has 2 heterocycles. The van der Waals surface area contributed by atoms with Crippen LogP contribution in [-0.4, -0.2) is 51.4 Å². The smallest absolute Gasteiger partial charge is 0.324 e. The predicted molar refractivity (Wildman–Crippen MR) is 116 cm³/mol. The summed E-state index contributed by atoms with van der Waals surface area (Å²) in [5.74, 6) is -0.409.